The van der Waals surface area contributed by atoms with Crippen molar-refractivity contribution in [3.8, 4) is 0 Å². The molecule has 2 aliphatic carbocycles. The van der Waals surface area contributed by atoms with Crippen LogP contribution in [-0.2, 0) is 10.8 Å². The Labute approximate surface area is 153 Å². The number of hydrogen-bond acceptors (Lipinski definition) is 1. The molecule has 0 saturated carbocycles. The summed E-state index contributed by atoms with van der Waals surface area (Å²) in [5.41, 5.74) is 12.4. The first-order chi connectivity index (χ1) is 11.2. The van der Waals surface area contributed by atoms with Crippen molar-refractivity contribution >= 4 is 26.1 Å². The van der Waals surface area contributed by atoms with Gasteiger partial charge in [0.1, 0.15) is 0 Å². The molecule has 124 valence electrons. The summed E-state index contributed by atoms with van der Waals surface area (Å²) < 4.78 is 1.23. The maximum atomic E-state index is 5.88. The van der Waals surface area contributed by atoms with Crippen LogP contribution in [0.2, 0.25) is 0 Å². The Morgan fingerprint density at radius 3 is 1.71 bits per heavy atom. The molecule has 2 N–H and O–H groups in total. The van der Waals surface area contributed by atoms with Gasteiger partial charge in [-0.1, -0.05) is 104 Å². The van der Waals surface area contributed by atoms with Crippen LogP contribution in [0.1, 0.15) is 49.9 Å². The lowest BCUT2D eigenvalue weighted by Gasteiger charge is -2.16. The highest BCUT2D eigenvalue weighted by Gasteiger charge is 2.28. The molecule has 0 fully saturated rings. The zero-order chi connectivity index (χ0) is 17.5. The first kappa shape index (κ1) is 17.0. The Balaban J connectivity index is 0.000000141. The van der Waals surface area contributed by atoms with E-state index in [0.29, 0.717) is 0 Å². The van der Waals surface area contributed by atoms with Gasteiger partial charge in [0, 0.05) is 26.6 Å². The number of allylic oxidation sites excluding steroid dienone is 2. The predicted octanol–water partition coefficient (Wildman–Crippen LogP) is 5.99. The Hall–Kier alpha value is -1.80. The van der Waals surface area contributed by atoms with Crippen molar-refractivity contribution < 1.29 is 0 Å². The van der Waals surface area contributed by atoms with Crippen LogP contribution in [0.3, 0.4) is 0 Å². The molecule has 0 heterocycles. The molecule has 0 amide bonds. The number of hydrogen-bond donors (Lipinski definition) is 1. The highest BCUT2D eigenvalue weighted by atomic mass is 79.9. The lowest BCUT2D eigenvalue weighted by Crippen LogP contribution is -2.10. The summed E-state index contributed by atoms with van der Waals surface area (Å²) in [5.74, 6) is 0. The van der Waals surface area contributed by atoms with Gasteiger partial charge in [0.2, 0.25) is 0 Å². The third kappa shape index (κ3) is 2.95. The molecule has 4 rings (SSSR count). The van der Waals surface area contributed by atoms with Crippen molar-refractivity contribution in [2.45, 2.75) is 38.5 Å². The average Bonchev–Trinajstić information content (AvgIpc) is 2.91. The van der Waals surface area contributed by atoms with Crippen molar-refractivity contribution in [3.63, 3.8) is 0 Å². The summed E-state index contributed by atoms with van der Waals surface area (Å²) in [6, 6.07) is 16.8. The highest BCUT2D eigenvalue weighted by molar-refractivity contribution is 9.15. The smallest absolute Gasteiger partial charge is 0.0359 e. The standard InChI is InChI=1S/C11H11Br.C11H13N/c2*1-11(2)7-10(12)8-5-3-4-6-9(8)11/h3-7H,1-2H3;3-7H,12H2,1-2H3. The SMILES string of the molecule is CC1(C)C=C(Br)c2ccccc21.CC1(C)C=C(N)c2ccccc21. The van der Waals surface area contributed by atoms with Crippen LogP contribution in [0.4, 0.5) is 0 Å². The zero-order valence-electron chi connectivity index (χ0n) is 14.7. The quantitative estimate of drug-likeness (QED) is 0.595. The van der Waals surface area contributed by atoms with Crippen molar-refractivity contribution in [1.82, 2.24) is 0 Å². The van der Waals surface area contributed by atoms with Gasteiger partial charge in [0.15, 0.2) is 0 Å². The second kappa shape index (κ2) is 5.93. The van der Waals surface area contributed by atoms with Gasteiger partial charge in [0.05, 0.1) is 0 Å². The lowest BCUT2D eigenvalue weighted by atomic mass is 9.87. The van der Waals surface area contributed by atoms with E-state index in [4.69, 9.17) is 5.73 Å². The first-order valence-corrected chi connectivity index (χ1v) is 9.08. The van der Waals surface area contributed by atoms with E-state index in [1.54, 1.807) is 0 Å². The third-order valence-electron chi connectivity index (χ3n) is 4.81. The largest absolute Gasteiger partial charge is 0.398 e. The maximum absolute atomic E-state index is 5.88. The van der Waals surface area contributed by atoms with E-state index in [1.807, 2.05) is 6.07 Å². The molecule has 0 saturated heterocycles. The number of halogens is 1. The normalized spacial score (nSPS) is 18.7. The highest BCUT2D eigenvalue weighted by Crippen LogP contribution is 2.42. The van der Waals surface area contributed by atoms with E-state index < -0.39 is 0 Å². The van der Waals surface area contributed by atoms with E-state index in [2.05, 4.69) is 98.2 Å². The molecular formula is C22H24BrN. The van der Waals surface area contributed by atoms with Gasteiger partial charge in [-0.2, -0.15) is 0 Å². The predicted molar refractivity (Wildman–Crippen MR) is 108 cm³/mol. The summed E-state index contributed by atoms with van der Waals surface area (Å²) in [7, 11) is 0. The second-order valence-electron chi connectivity index (χ2n) is 7.63. The molecule has 0 unspecified atom stereocenters. The molecule has 24 heavy (non-hydrogen) atoms. The van der Waals surface area contributed by atoms with E-state index in [9.17, 15) is 0 Å². The minimum absolute atomic E-state index is 0.112. The van der Waals surface area contributed by atoms with Gasteiger partial charge < -0.3 is 5.73 Å². The van der Waals surface area contributed by atoms with Crippen LogP contribution >= 0.6 is 15.9 Å². The maximum Gasteiger partial charge on any atom is 0.0359 e. The summed E-state index contributed by atoms with van der Waals surface area (Å²) in [6.07, 6.45) is 4.38. The van der Waals surface area contributed by atoms with E-state index in [-0.39, 0.29) is 10.8 Å². The molecule has 2 aromatic carbocycles. The van der Waals surface area contributed by atoms with E-state index in [0.717, 1.165) is 5.70 Å². The fourth-order valence-electron chi connectivity index (χ4n) is 3.57. The van der Waals surface area contributed by atoms with Crippen molar-refractivity contribution in [3.05, 3.63) is 82.9 Å². The lowest BCUT2D eigenvalue weighted by molar-refractivity contribution is 0.683. The van der Waals surface area contributed by atoms with Gasteiger partial charge in [0.25, 0.3) is 0 Å². The minimum atomic E-state index is 0.112. The molecule has 0 spiro atoms. The number of nitrogens with two attached hydrogens (primary N) is 1. The summed E-state index contributed by atoms with van der Waals surface area (Å²) in [4.78, 5) is 0. The van der Waals surface area contributed by atoms with Crippen molar-refractivity contribution in [2.75, 3.05) is 0 Å². The molecule has 2 aromatic rings. The van der Waals surface area contributed by atoms with Gasteiger partial charge in [-0.3, -0.25) is 0 Å². The molecule has 2 heteroatoms. The fourth-order valence-corrected chi connectivity index (χ4v) is 4.48. The molecule has 0 radical (unpaired) electrons. The summed E-state index contributed by atoms with van der Waals surface area (Å²) in [6.45, 7) is 8.84. The average molecular weight is 382 g/mol. The van der Waals surface area contributed by atoms with Crippen LogP contribution in [0.15, 0.2) is 60.7 Å². The molecule has 2 aliphatic rings. The number of rotatable bonds is 0. The Bertz CT molecular complexity index is 769. The molecule has 0 aromatic heterocycles. The van der Waals surface area contributed by atoms with E-state index >= 15 is 0 Å². The Kier molecular flexibility index (Phi) is 4.21. The van der Waals surface area contributed by atoms with Crippen LogP contribution in [0.5, 0.6) is 0 Å². The monoisotopic (exact) mass is 381 g/mol. The first-order valence-electron chi connectivity index (χ1n) is 8.29. The molecule has 0 atom stereocenters. The van der Waals surface area contributed by atoms with Crippen LogP contribution in [0.25, 0.3) is 10.2 Å². The number of fused-ring (bicyclic) bond motifs is 2. The fraction of sp³-hybridized carbons (Fsp3) is 0.273. The van der Waals surface area contributed by atoms with Gasteiger partial charge in [-0.05, 0) is 16.7 Å². The van der Waals surface area contributed by atoms with Gasteiger partial charge in [-0.15, -0.1) is 0 Å². The van der Waals surface area contributed by atoms with Crippen LogP contribution in [-0.4, -0.2) is 0 Å². The summed E-state index contributed by atoms with van der Waals surface area (Å²) >= 11 is 3.57. The minimum Gasteiger partial charge on any atom is -0.398 e. The van der Waals surface area contributed by atoms with Crippen molar-refractivity contribution in [1.29, 1.82) is 0 Å². The third-order valence-corrected chi connectivity index (χ3v) is 5.47. The van der Waals surface area contributed by atoms with Crippen molar-refractivity contribution in [2.24, 2.45) is 5.73 Å². The molecule has 0 aliphatic heterocycles. The topological polar surface area (TPSA) is 26.0 Å². The molecular weight excluding hydrogens is 358 g/mol. The Morgan fingerprint density at radius 1 is 0.708 bits per heavy atom. The summed E-state index contributed by atoms with van der Waals surface area (Å²) in [5, 5.41) is 0. The van der Waals surface area contributed by atoms with Gasteiger partial charge in [-0.25, -0.2) is 0 Å². The number of benzene rings is 2. The Morgan fingerprint density at radius 2 is 1.17 bits per heavy atom. The zero-order valence-corrected chi connectivity index (χ0v) is 16.3. The van der Waals surface area contributed by atoms with Crippen LogP contribution < -0.4 is 5.73 Å². The molecule has 1 nitrogen and oxygen atoms in total. The van der Waals surface area contributed by atoms with E-state index in [1.165, 1.54) is 26.7 Å². The van der Waals surface area contributed by atoms with Gasteiger partial charge >= 0.3 is 0 Å². The molecule has 0 bridgehead atoms. The second-order valence-corrected chi connectivity index (χ2v) is 8.48. The van der Waals surface area contributed by atoms with Crippen LogP contribution in [0, 0.1) is 0 Å².